The molecule has 1 atom stereocenters. The minimum atomic E-state index is 0.278. The average Bonchev–Trinajstić information content (AvgIpc) is 2.55. The quantitative estimate of drug-likeness (QED) is 0.697. The highest BCUT2D eigenvalue weighted by molar-refractivity contribution is 4.78. The summed E-state index contributed by atoms with van der Waals surface area (Å²) in [7, 11) is 0. The fraction of sp³-hybridized carbons (Fsp3) is 0.700. The molecule has 74 valence electrons. The molecule has 0 radical (unpaired) electrons. The van der Waals surface area contributed by atoms with E-state index in [1.807, 2.05) is 16.9 Å². The van der Waals surface area contributed by atoms with E-state index in [1.54, 1.807) is 6.20 Å². The molecule has 1 aromatic rings. The van der Waals surface area contributed by atoms with Crippen molar-refractivity contribution in [2.45, 2.75) is 45.9 Å². The third-order valence-electron chi connectivity index (χ3n) is 1.87. The van der Waals surface area contributed by atoms with Crippen LogP contribution in [-0.2, 0) is 11.3 Å². The molecule has 0 saturated heterocycles. The molecule has 0 aromatic carbocycles. The van der Waals surface area contributed by atoms with Crippen LogP contribution in [0.3, 0.4) is 0 Å². The van der Waals surface area contributed by atoms with Crippen LogP contribution in [0.15, 0.2) is 18.5 Å². The minimum Gasteiger partial charge on any atom is -0.374 e. The van der Waals surface area contributed by atoms with Gasteiger partial charge in [0.25, 0.3) is 0 Å². The predicted molar refractivity (Wildman–Crippen MR) is 52.5 cm³/mol. The van der Waals surface area contributed by atoms with Crippen LogP contribution in [0.2, 0.25) is 0 Å². The number of rotatable bonds is 5. The Kier molecular flexibility index (Phi) is 3.96. The molecule has 1 aromatic heterocycles. The maximum Gasteiger partial charge on any atom is 0.0771 e. The van der Waals surface area contributed by atoms with Gasteiger partial charge in [-0.25, -0.2) is 0 Å². The van der Waals surface area contributed by atoms with Gasteiger partial charge in [-0.2, -0.15) is 5.10 Å². The van der Waals surface area contributed by atoms with Gasteiger partial charge in [0.1, 0.15) is 0 Å². The Labute approximate surface area is 79.7 Å². The molecular formula is C10H18N2O. The molecule has 13 heavy (non-hydrogen) atoms. The Morgan fingerprint density at radius 1 is 1.46 bits per heavy atom. The van der Waals surface area contributed by atoms with Crippen molar-refractivity contribution >= 4 is 0 Å². The van der Waals surface area contributed by atoms with Crippen LogP contribution >= 0.6 is 0 Å². The Morgan fingerprint density at radius 3 is 2.69 bits per heavy atom. The first-order chi connectivity index (χ1) is 6.22. The summed E-state index contributed by atoms with van der Waals surface area (Å²) in [6.45, 7) is 7.11. The van der Waals surface area contributed by atoms with Gasteiger partial charge in [0.15, 0.2) is 0 Å². The van der Waals surface area contributed by atoms with Gasteiger partial charge in [0, 0.05) is 12.4 Å². The molecule has 3 heteroatoms. The first-order valence-electron chi connectivity index (χ1n) is 4.85. The van der Waals surface area contributed by atoms with E-state index >= 15 is 0 Å². The molecule has 0 bridgehead atoms. The van der Waals surface area contributed by atoms with E-state index < -0.39 is 0 Å². The molecule has 0 amide bonds. The number of hydrogen-bond donors (Lipinski definition) is 0. The molecule has 1 heterocycles. The Hall–Kier alpha value is -0.830. The summed E-state index contributed by atoms with van der Waals surface area (Å²) in [5, 5.41) is 4.15. The van der Waals surface area contributed by atoms with Crippen molar-refractivity contribution in [3.05, 3.63) is 18.5 Å². The van der Waals surface area contributed by atoms with Gasteiger partial charge in [0.2, 0.25) is 0 Å². The van der Waals surface area contributed by atoms with Crippen LogP contribution in [0.1, 0.15) is 27.2 Å². The van der Waals surface area contributed by atoms with Crippen LogP contribution in [0.4, 0.5) is 0 Å². The van der Waals surface area contributed by atoms with Gasteiger partial charge >= 0.3 is 0 Å². The zero-order chi connectivity index (χ0) is 9.68. The van der Waals surface area contributed by atoms with Crippen LogP contribution in [0.5, 0.6) is 0 Å². The first kappa shape index (κ1) is 10.3. The van der Waals surface area contributed by atoms with Gasteiger partial charge in [-0.3, -0.25) is 4.68 Å². The fourth-order valence-corrected chi connectivity index (χ4v) is 1.27. The second-order valence-corrected chi connectivity index (χ2v) is 3.44. The number of hydrogen-bond acceptors (Lipinski definition) is 2. The van der Waals surface area contributed by atoms with Gasteiger partial charge in [-0.05, 0) is 26.3 Å². The third-order valence-corrected chi connectivity index (χ3v) is 1.87. The summed E-state index contributed by atoms with van der Waals surface area (Å²) in [4.78, 5) is 0. The van der Waals surface area contributed by atoms with Gasteiger partial charge in [0.05, 0.1) is 18.8 Å². The highest BCUT2D eigenvalue weighted by atomic mass is 16.5. The third kappa shape index (κ3) is 3.59. The lowest BCUT2D eigenvalue weighted by Crippen LogP contribution is -2.23. The van der Waals surface area contributed by atoms with E-state index in [4.69, 9.17) is 4.74 Å². The van der Waals surface area contributed by atoms with Crippen molar-refractivity contribution in [3.63, 3.8) is 0 Å². The van der Waals surface area contributed by atoms with Gasteiger partial charge < -0.3 is 4.74 Å². The molecule has 0 spiro atoms. The van der Waals surface area contributed by atoms with Crippen molar-refractivity contribution in [1.29, 1.82) is 0 Å². The lowest BCUT2D eigenvalue weighted by Gasteiger charge is -2.18. The molecule has 0 fully saturated rings. The van der Waals surface area contributed by atoms with Crippen molar-refractivity contribution in [2.75, 3.05) is 0 Å². The molecule has 0 aliphatic rings. The van der Waals surface area contributed by atoms with Crippen LogP contribution < -0.4 is 0 Å². The standard InChI is InChI=1S/C10H18N2O/c1-4-10(13-9(2)3)8-12-7-5-6-11-12/h5-7,9-10H,4,8H2,1-3H3. The van der Waals surface area contributed by atoms with E-state index in [1.165, 1.54) is 0 Å². The number of aromatic nitrogens is 2. The summed E-state index contributed by atoms with van der Waals surface area (Å²) in [5.74, 6) is 0. The Bertz CT molecular complexity index is 219. The van der Waals surface area contributed by atoms with Crippen molar-refractivity contribution in [3.8, 4) is 0 Å². The van der Waals surface area contributed by atoms with E-state index in [-0.39, 0.29) is 6.10 Å². The second kappa shape index (κ2) is 5.02. The molecule has 0 saturated carbocycles. The van der Waals surface area contributed by atoms with Crippen LogP contribution in [-0.4, -0.2) is 22.0 Å². The fourth-order valence-electron chi connectivity index (χ4n) is 1.27. The predicted octanol–water partition coefficient (Wildman–Crippen LogP) is 2.09. The first-order valence-corrected chi connectivity index (χ1v) is 4.85. The zero-order valence-electron chi connectivity index (χ0n) is 8.60. The smallest absolute Gasteiger partial charge is 0.0771 e. The van der Waals surface area contributed by atoms with Gasteiger partial charge in [-0.15, -0.1) is 0 Å². The largest absolute Gasteiger partial charge is 0.374 e. The van der Waals surface area contributed by atoms with Crippen molar-refractivity contribution in [1.82, 2.24) is 9.78 Å². The van der Waals surface area contributed by atoms with Crippen molar-refractivity contribution < 1.29 is 4.74 Å². The van der Waals surface area contributed by atoms with Gasteiger partial charge in [-0.1, -0.05) is 6.92 Å². The summed E-state index contributed by atoms with van der Waals surface area (Å²) in [6.07, 6.45) is 5.35. The summed E-state index contributed by atoms with van der Waals surface area (Å²) in [5.41, 5.74) is 0. The highest BCUT2D eigenvalue weighted by Crippen LogP contribution is 2.04. The molecule has 0 aliphatic carbocycles. The topological polar surface area (TPSA) is 27.1 Å². The Balaban J connectivity index is 2.40. The molecule has 3 nitrogen and oxygen atoms in total. The summed E-state index contributed by atoms with van der Waals surface area (Å²) in [6, 6.07) is 1.93. The lowest BCUT2D eigenvalue weighted by atomic mass is 10.2. The average molecular weight is 182 g/mol. The molecule has 1 unspecified atom stereocenters. The number of ether oxygens (including phenoxy) is 1. The Morgan fingerprint density at radius 2 is 2.23 bits per heavy atom. The monoisotopic (exact) mass is 182 g/mol. The maximum absolute atomic E-state index is 5.71. The zero-order valence-corrected chi connectivity index (χ0v) is 8.60. The van der Waals surface area contributed by atoms with E-state index in [0.717, 1.165) is 13.0 Å². The minimum absolute atomic E-state index is 0.278. The lowest BCUT2D eigenvalue weighted by molar-refractivity contribution is -0.00523. The normalized spacial score (nSPS) is 13.5. The maximum atomic E-state index is 5.71. The number of nitrogens with zero attached hydrogens (tertiary/aromatic N) is 2. The summed E-state index contributed by atoms with van der Waals surface area (Å²) < 4.78 is 7.63. The van der Waals surface area contributed by atoms with E-state index in [9.17, 15) is 0 Å². The molecule has 0 N–H and O–H groups in total. The molecule has 1 rings (SSSR count). The van der Waals surface area contributed by atoms with Crippen molar-refractivity contribution in [2.24, 2.45) is 0 Å². The summed E-state index contributed by atoms with van der Waals surface area (Å²) >= 11 is 0. The van der Waals surface area contributed by atoms with Crippen LogP contribution in [0.25, 0.3) is 0 Å². The highest BCUT2D eigenvalue weighted by Gasteiger charge is 2.09. The van der Waals surface area contributed by atoms with E-state index in [2.05, 4.69) is 25.9 Å². The SMILES string of the molecule is CCC(Cn1cccn1)OC(C)C. The van der Waals surface area contributed by atoms with Crippen LogP contribution in [0, 0.1) is 0 Å². The molecular weight excluding hydrogens is 164 g/mol. The second-order valence-electron chi connectivity index (χ2n) is 3.44. The molecule has 0 aliphatic heterocycles. The van der Waals surface area contributed by atoms with E-state index in [0.29, 0.717) is 6.10 Å².